The van der Waals surface area contributed by atoms with Gasteiger partial charge in [-0.1, -0.05) is 29.8 Å². The number of rotatable bonds is 8. The zero-order chi connectivity index (χ0) is 26.5. The van der Waals surface area contributed by atoms with Crippen LogP contribution < -0.4 is 10.6 Å². The van der Waals surface area contributed by atoms with Crippen LogP contribution in [0, 0.1) is 6.92 Å². The number of allylic oxidation sites excluding steroid dienone is 1. The molecule has 0 amide bonds. The van der Waals surface area contributed by atoms with Crippen LogP contribution in [0.25, 0.3) is 33.8 Å². The minimum Gasteiger partial charge on any atom is -0.398 e. The van der Waals surface area contributed by atoms with Gasteiger partial charge in [-0.2, -0.15) is 0 Å². The van der Waals surface area contributed by atoms with E-state index >= 15 is 0 Å². The van der Waals surface area contributed by atoms with E-state index in [1.54, 1.807) is 6.21 Å². The summed E-state index contributed by atoms with van der Waals surface area (Å²) in [6.45, 7) is 6.80. The Morgan fingerprint density at radius 3 is 2.50 bits per heavy atom. The Morgan fingerprint density at radius 2 is 1.79 bits per heavy atom. The predicted octanol–water partition coefficient (Wildman–Crippen LogP) is 3.36. The number of imidazole rings is 1. The second kappa shape index (κ2) is 11.5. The van der Waals surface area contributed by atoms with E-state index in [0.29, 0.717) is 41.1 Å². The average molecular weight is 511 g/mol. The number of aromatic amines is 1. The standard InChI is InChI=1S/C29H34N8O/c1-20-4-6-21(7-5-20)25(30)24(18-31-12-3-17-38)26-27-29(33-19-32-26)35-28(34-27)22-8-10-23(11-9-22)37-15-13-36(2)14-16-37/h4-11,18-19,38H,3,12-17,30H2,1-2H3,(H,32,33,34,35)/b25-24+,31-18?. The predicted molar refractivity (Wildman–Crippen MR) is 154 cm³/mol. The van der Waals surface area contributed by atoms with Crippen LogP contribution in [0.1, 0.15) is 23.2 Å². The topological polar surface area (TPSA) is 120 Å². The molecular formula is C29H34N8O. The van der Waals surface area contributed by atoms with Crippen LogP contribution in [0.2, 0.25) is 0 Å². The molecule has 196 valence electrons. The minimum atomic E-state index is 0.0824. The maximum Gasteiger partial charge on any atom is 0.181 e. The summed E-state index contributed by atoms with van der Waals surface area (Å²) in [4.78, 5) is 26.5. The van der Waals surface area contributed by atoms with Gasteiger partial charge in [0.2, 0.25) is 0 Å². The van der Waals surface area contributed by atoms with Crippen LogP contribution in [0.15, 0.2) is 59.9 Å². The highest BCUT2D eigenvalue weighted by Gasteiger charge is 2.18. The van der Waals surface area contributed by atoms with Gasteiger partial charge in [-0.25, -0.2) is 15.0 Å². The van der Waals surface area contributed by atoms with Crippen LogP contribution in [0.5, 0.6) is 0 Å². The van der Waals surface area contributed by atoms with Crippen molar-refractivity contribution < 1.29 is 5.11 Å². The number of nitrogens with zero attached hydrogens (tertiary/aromatic N) is 6. The Kier molecular flexibility index (Phi) is 7.76. The molecule has 1 fully saturated rings. The van der Waals surface area contributed by atoms with E-state index in [2.05, 4.69) is 61.1 Å². The number of anilines is 1. The first-order valence-corrected chi connectivity index (χ1v) is 13.0. The number of aliphatic hydroxyl groups excluding tert-OH is 1. The number of hydrogen-bond donors (Lipinski definition) is 3. The number of likely N-dealkylation sites (N-methyl/N-ethyl adjacent to an activating group) is 1. The summed E-state index contributed by atoms with van der Waals surface area (Å²) in [7, 11) is 2.16. The first-order valence-electron chi connectivity index (χ1n) is 13.0. The summed E-state index contributed by atoms with van der Waals surface area (Å²) in [5.41, 5.74) is 14.0. The highest BCUT2D eigenvalue weighted by molar-refractivity contribution is 6.20. The van der Waals surface area contributed by atoms with E-state index in [9.17, 15) is 0 Å². The number of benzene rings is 2. The monoisotopic (exact) mass is 510 g/mol. The molecule has 0 unspecified atom stereocenters. The van der Waals surface area contributed by atoms with Gasteiger partial charge in [0.15, 0.2) is 5.65 Å². The Hall–Kier alpha value is -4.08. The Balaban J connectivity index is 1.51. The fourth-order valence-corrected chi connectivity index (χ4v) is 4.53. The zero-order valence-corrected chi connectivity index (χ0v) is 21.9. The molecule has 9 heteroatoms. The second-order valence-corrected chi connectivity index (χ2v) is 9.65. The SMILES string of the molecule is Cc1ccc(/C(N)=C(/C=NCCCO)c2ncnc3nc(-c4ccc(N5CCN(C)CC5)cc4)[nH]c23)cc1. The zero-order valence-electron chi connectivity index (χ0n) is 21.9. The van der Waals surface area contributed by atoms with Crippen molar-refractivity contribution in [3.8, 4) is 11.4 Å². The van der Waals surface area contributed by atoms with Crippen LogP contribution in [-0.2, 0) is 0 Å². The molecule has 1 saturated heterocycles. The number of aromatic nitrogens is 4. The van der Waals surface area contributed by atoms with Gasteiger partial charge >= 0.3 is 0 Å². The number of aliphatic imine (C=N–C) groups is 1. The summed E-state index contributed by atoms with van der Waals surface area (Å²) in [6, 6.07) is 16.5. The van der Waals surface area contributed by atoms with Crippen LogP contribution in [0.4, 0.5) is 5.69 Å². The van der Waals surface area contributed by atoms with Crippen LogP contribution >= 0.6 is 0 Å². The van der Waals surface area contributed by atoms with Gasteiger partial charge in [-0.05, 0) is 50.2 Å². The number of aryl methyl sites for hydroxylation is 1. The third-order valence-electron chi connectivity index (χ3n) is 6.87. The first kappa shape index (κ1) is 25.6. The van der Waals surface area contributed by atoms with Crippen LogP contribution in [-0.4, -0.2) is 82.5 Å². The quantitative estimate of drug-likeness (QED) is 0.246. The molecule has 5 rings (SSSR count). The average Bonchev–Trinajstić information content (AvgIpc) is 3.39. The molecule has 0 spiro atoms. The summed E-state index contributed by atoms with van der Waals surface area (Å²) in [5, 5.41) is 9.17. The van der Waals surface area contributed by atoms with Gasteiger partial charge in [-0.15, -0.1) is 0 Å². The van der Waals surface area contributed by atoms with Gasteiger partial charge in [0, 0.05) is 68.1 Å². The Morgan fingerprint density at radius 1 is 1.05 bits per heavy atom. The van der Waals surface area contributed by atoms with Crippen molar-refractivity contribution >= 4 is 34.3 Å². The molecule has 0 radical (unpaired) electrons. The van der Waals surface area contributed by atoms with E-state index in [0.717, 1.165) is 48.7 Å². The molecule has 0 bridgehead atoms. The molecule has 4 N–H and O–H groups in total. The smallest absolute Gasteiger partial charge is 0.181 e. The molecule has 4 aromatic rings. The first-order chi connectivity index (χ1) is 18.5. The largest absolute Gasteiger partial charge is 0.398 e. The van der Waals surface area contributed by atoms with Gasteiger partial charge in [0.1, 0.15) is 23.4 Å². The van der Waals surface area contributed by atoms with Gasteiger partial charge < -0.3 is 25.6 Å². The van der Waals surface area contributed by atoms with Crippen LogP contribution in [0.3, 0.4) is 0 Å². The molecule has 0 saturated carbocycles. The molecule has 0 atom stereocenters. The fraction of sp³-hybridized carbons (Fsp3) is 0.310. The number of hydrogen-bond acceptors (Lipinski definition) is 8. The molecule has 1 aliphatic rings. The lowest BCUT2D eigenvalue weighted by molar-refractivity contribution is 0.291. The maximum atomic E-state index is 9.17. The third-order valence-corrected chi connectivity index (χ3v) is 6.87. The summed E-state index contributed by atoms with van der Waals surface area (Å²) < 4.78 is 0. The van der Waals surface area contributed by atoms with E-state index in [-0.39, 0.29) is 6.61 Å². The van der Waals surface area contributed by atoms with Gasteiger partial charge in [0.25, 0.3) is 0 Å². The normalized spacial score (nSPS) is 15.4. The van der Waals surface area contributed by atoms with Crippen molar-refractivity contribution in [1.29, 1.82) is 0 Å². The van der Waals surface area contributed by atoms with Gasteiger partial charge in [-0.3, -0.25) is 4.99 Å². The molecular weight excluding hydrogens is 476 g/mol. The molecule has 2 aromatic heterocycles. The van der Waals surface area contributed by atoms with Crippen molar-refractivity contribution in [3.05, 3.63) is 71.7 Å². The van der Waals surface area contributed by atoms with E-state index in [1.165, 1.54) is 12.0 Å². The summed E-state index contributed by atoms with van der Waals surface area (Å²) in [6.07, 6.45) is 3.81. The Labute approximate surface area is 222 Å². The van der Waals surface area contributed by atoms with Crippen molar-refractivity contribution in [2.75, 3.05) is 51.3 Å². The Bertz CT molecular complexity index is 1430. The molecule has 38 heavy (non-hydrogen) atoms. The maximum absolute atomic E-state index is 9.17. The van der Waals surface area contributed by atoms with Gasteiger partial charge in [0.05, 0.1) is 0 Å². The number of nitrogens with one attached hydrogen (secondary N) is 1. The van der Waals surface area contributed by atoms with Crippen molar-refractivity contribution in [2.45, 2.75) is 13.3 Å². The number of nitrogens with two attached hydrogens (primary N) is 1. The fourth-order valence-electron chi connectivity index (χ4n) is 4.53. The number of aliphatic hydroxyl groups is 1. The lowest BCUT2D eigenvalue weighted by atomic mass is 10.0. The highest BCUT2D eigenvalue weighted by Crippen LogP contribution is 2.28. The van der Waals surface area contributed by atoms with Crippen molar-refractivity contribution in [1.82, 2.24) is 24.8 Å². The van der Waals surface area contributed by atoms with Crippen molar-refractivity contribution in [2.24, 2.45) is 10.7 Å². The summed E-state index contributed by atoms with van der Waals surface area (Å²) in [5.74, 6) is 0.720. The molecule has 3 heterocycles. The molecule has 9 nitrogen and oxygen atoms in total. The lowest BCUT2D eigenvalue weighted by Crippen LogP contribution is -2.44. The molecule has 2 aromatic carbocycles. The van der Waals surface area contributed by atoms with E-state index in [1.807, 2.05) is 31.2 Å². The number of piperazine rings is 1. The summed E-state index contributed by atoms with van der Waals surface area (Å²) >= 11 is 0. The van der Waals surface area contributed by atoms with E-state index < -0.39 is 0 Å². The highest BCUT2D eigenvalue weighted by atomic mass is 16.3. The number of H-pyrrole nitrogens is 1. The second-order valence-electron chi connectivity index (χ2n) is 9.65. The molecule has 0 aliphatic carbocycles. The number of fused-ring (bicyclic) bond motifs is 1. The minimum absolute atomic E-state index is 0.0824. The van der Waals surface area contributed by atoms with Crippen molar-refractivity contribution in [3.63, 3.8) is 0 Å². The lowest BCUT2D eigenvalue weighted by Gasteiger charge is -2.34. The molecule has 1 aliphatic heterocycles. The van der Waals surface area contributed by atoms with E-state index in [4.69, 9.17) is 15.8 Å². The third kappa shape index (κ3) is 5.58.